The van der Waals surface area contributed by atoms with Crippen molar-refractivity contribution >= 4 is 0 Å². The minimum absolute atomic E-state index is 0.190. The van der Waals surface area contributed by atoms with Crippen LogP contribution in [0.3, 0.4) is 0 Å². The highest BCUT2D eigenvalue weighted by Gasteiger charge is 2.27. The van der Waals surface area contributed by atoms with Crippen LogP contribution in [0.25, 0.3) is 0 Å². The summed E-state index contributed by atoms with van der Waals surface area (Å²) >= 11 is 0. The molecule has 0 spiro atoms. The van der Waals surface area contributed by atoms with Gasteiger partial charge in [0.25, 0.3) is 0 Å². The summed E-state index contributed by atoms with van der Waals surface area (Å²) in [6.45, 7) is 5.79. The van der Waals surface area contributed by atoms with E-state index in [1.54, 1.807) is 0 Å². The first kappa shape index (κ1) is 15.8. The third kappa shape index (κ3) is 6.05. The quantitative estimate of drug-likeness (QED) is 0.795. The van der Waals surface area contributed by atoms with E-state index in [0.29, 0.717) is 6.54 Å². The lowest BCUT2D eigenvalue weighted by molar-refractivity contribution is -0.125. The summed E-state index contributed by atoms with van der Waals surface area (Å²) < 4.78 is 36.0. The fraction of sp³-hybridized carbons (Fsp3) is 1.00. The average molecular weight is 266 g/mol. The van der Waals surface area contributed by atoms with E-state index < -0.39 is 12.7 Å². The molecule has 0 bridgehead atoms. The third-order valence-electron chi connectivity index (χ3n) is 3.73. The molecule has 0 aromatic carbocycles. The maximum absolute atomic E-state index is 12.0. The molecular formula is C13H25F3N2. The summed E-state index contributed by atoms with van der Waals surface area (Å²) in [4.78, 5) is 2.30. The van der Waals surface area contributed by atoms with Crippen LogP contribution < -0.4 is 5.32 Å². The molecule has 18 heavy (non-hydrogen) atoms. The van der Waals surface area contributed by atoms with E-state index in [2.05, 4.69) is 17.1 Å². The van der Waals surface area contributed by atoms with Crippen LogP contribution in [-0.2, 0) is 0 Å². The molecule has 1 fully saturated rings. The molecule has 1 N–H and O–H groups in total. The van der Waals surface area contributed by atoms with Crippen LogP contribution in [0.4, 0.5) is 13.2 Å². The summed E-state index contributed by atoms with van der Waals surface area (Å²) in [5.74, 6) is 0.821. The van der Waals surface area contributed by atoms with Crippen molar-refractivity contribution in [2.24, 2.45) is 5.92 Å². The van der Waals surface area contributed by atoms with Gasteiger partial charge in [-0.1, -0.05) is 19.8 Å². The molecular weight excluding hydrogens is 241 g/mol. The van der Waals surface area contributed by atoms with Gasteiger partial charge in [0.1, 0.15) is 0 Å². The maximum Gasteiger partial charge on any atom is 0.401 e. The molecule has 1 unspecified atom stereocenters. The second kappa shape index (κ2) is 7.34. The lowest BCUT2D eigenvalue weighted by atomic mass is 9.92. The topological polar surface area (TPSA) is 15.3 Å². The Hall–Kier alpha value is -0.290. The summed E-state index contributed by atoms with van der Waals surface area (Å²) in [5, 5.41) is 2.49. The molecule has 1 saturated heterocycles. The zero-order chi connectivity index (χ0) is 13.6. The Labute approximate surface area is 108 Å². The van der Waals surface area contributed by atoms with Crippen LogP contribution in [0.5, 0.6) is 0 Å². The highest BCUT2D eigenvalue weighted by Crippen LogP contribution is 2.22. The molecule has 0 amide bonds. The van der Waals surface area contributed by atoms with Gasteiger partial charge >= 0.3 is 6.18 Å². The summed E-state index contributed by atoms with van der Waals surface area (Å²) in [7, 11) is 0. The van der Waals surface area contributed by atoms with E-state index in [1.165, 1.54) is 25.7 Å². The van der Waals surface area contributed by atoms with E-state index in [-0.39, 0.29) is 6.04 Å². The SMILES string of the molecule is CCCC1CCN(C(C)CNCC(F)(F)F)CC1. The molecule has 5 heteroatoms. The van der Waals surface area contributed by atoms with Gasteiger partial charge in [0, 0.05) is 12.6 Å². The Morgan fingerprint density at radius 3 is 2.39 bits per heavy atom. The van der Waals surface area contributed by atoms with Crippen molar-refractivity contribution in [3.8, 4) is 0 Å². The fourth-order valence-electron chi connectivity index (χ4n) is 2.64. The minimum atomic E-state index is -4.10. The molecule has 0 aliphatic carbocycles. The lowest BCUT2D eigenvalue weighted by Crippen LogP contribution is -2.46. The van der Waals surface area contributed by atoms with Crippen molar-refractivity contribution in [2.45, 2.75) is 51.7 Å². The first-order valence-electron chi connectivity index (χ1n) is 6.94. The van der Waals surface area contributed by atoms with Crippen LogP contribution >= 0.6 is 0 Å². The Morgan fingerprint density at radius 1 is 1.28 bits per heavy atom. The molecule has 108 valence electrons. The first-order chi connectivity index (χ1) is 8.42. The second-order valence-corrected chi connectivity index (χ2v) is 5.36. The Kier molecular flexibility index (Phi) is 6.43. The molecule has 2 nitrogen and oxygen atoms in total. The monoisotopic (exact) mass is 266 g/mol. The first-order valence-corrected chi connectivity index (χ1v) is 6.94. The Morgan fingerprint density at radius 2 is 1.89 bits per heavy atom. The number of likely N-dealkylation sites (tertiary alicyclic amines) is 1. The molecule has 0 saturated carbocycles. The van der Waals surface area contributed by atoms with Gasteiger partial charge in [-0.25, -0.2) is 0 Å². The molecule has 0 aromatic rings. The van der Waals surface area contributed by atoms with Gasteiger partial charge in [-0.3, -0.25) is 4.90 Å². The van der Waals surface area contributed by atoms with Crippen LogP contribution in [0.15, 0.2) is 0 Å². The van der Waals surface area contributed by atoms with Crippen molar-refractivity contribution in [3.05, 3.63) is 0 Å². The highest BCUT2D eigenvalue weighted by molar-refractivity contribution is 4.77. The van der Waals surface area contributed by atoms with E-state index in [0.717, 1.165) is 19.0 Å². The Balaban J connectivity index is 2.17. The van der Waals surface area contributed by atoms with Crippen molar-refractivity contribution in [1.82, 2.24) is 10.2 Å². The molecule has 1 aliphatic rings. The molecule has 0 aromatic heterocycles. The third-order valence-corrected chi connectivity index (χ3v) is 3.73. The lowest BCUT2D eigenvalue weighted by Gasteiger charge is -2.36. The number of piperidine rings is 1. The second-order valence-electron chi connectivity index (χ2n) is 5.36. The molecule has 1 aliphatic heterocycles. The zero-order valence-corrected chi connectivity index (χ0v) is 11.4. The molecule has 0 radical (unpaired) electrons. The summed E-state index contributed by atoms with van der Waals surface area (Å²) in [6.07, 6.45) is 0.796. The minimum Gasteiger partial charge on any atom is -0.307 e. The van der Waals surface area contributed by atoms with Gasteiger partial charge in [0.05, 0.1) is 6.54 Å². The van der Waals surface area contributed by atoms with Gasteiger partial charge in [-0.15, -0.1) is 0 Å². The van der Waals surface area contributed by atoms with E-state index in [9.17, 15) is 13.2 Å². The molecule has 1 rings (SSSR count). The average Bonchev–Trinajstić information content (AvgIpc) is 2.28. The number of alkyl halides is 3. The van der Waals surface area contributed by atoms with Gasteiger partial charge in [-0.05, 0) is 38.8 Å². The summed E-state index contributed by atoms with van der Waals surface area (Å²) in [5.41, 5.74) is 0. The number of nitrogens with zero attached hydrogens (tertiary/aromatic N) is 1. The highest BCUT2D eigenvalue weighted by atomic mass is 19.4. The van der Waals surface area contributed by atoms with Crippen LogP contribution in [-0.4, -0.2) is 43.3 Å². The van der Waals surface area contributed by atoms with Crippen LogP contribution in [0, 0.1) is 5.92 Å². The largest absolute Gasteiger partial charge is 0.401 e. The predicted octanol–water partition coefficient (Wildman–Crippen LogP) is 3.04. The predicted molar refractivity (Wildman–Crippen MR) is 67.6 cm³/mol. The number of halogens is 3. The maximum atomic E-state index is 12.0. The number of nitrogens with one attached hydrogen (secondary N) is 1. The smallest absolute Gasteiger partial charge is 0.307 e. The van der Waals surface area contributed by atoms with Crippen molar-refractivity contribution < 1.29 is 13.2 Å². The Bertz CT molecular complexity index is 223. The zero-order valence-electron chi connectivity index (χ0n) is 11.4. The standard InChI is InChI=1S/C13H25F3N2/c1-3-4-12-5-7-18(8-6-12)11(2)9-17-10-13(14,15)16/h11-12,17H,3-10H2,1-2H3. The molecule has 1 heterocycles. The van der Waals surface area contributed by atoms with Crippen LogP contribution in [0.1, 0.15) is 39.5 Å². The number of hydrogen-bond acceptors (Lipinski definition) is 2. The van der Waals surface area contributed by atoms with Gasteiger partial charge in [0.15, 0.2) is 0 Å². The van der Waals surface area contributed by atoms with E-state index >= 15 is 0 Å². The van der Waals surface area contributed by atoms with Crippen molar-refractivity contribution in [3.63, 3.8) is 0 Å². The van der Waals surface area contributed by atoms with E-state index in [4.69, 9.17) is 0 Å². The van der Waals surface area contributed by atoms with Gasteiger partial charge in [0.2, 0.25) is 0 Å². The van der Waals surface area contributed by atoms with Crippen molar-refractivity contribution in [2.75, 3.05) is 26.2 Å². The number of rotatable bonds is 6. The molecule has 1 atom stereocenters. The normalized spacial score (nSPS) is 21.2. The van der Waals surface area contributed by atoms with Crippen molar-refractivity contribution in [1.29, 1.82) is 0 Å². The van der Waals surface area contributed by atoms with Gasteiger partial charge < -0.3 is 5.32 Å². The number of hydrogen-bond donors (Lipinski definition) is 1. The van der Waals surface area contributed by atoms with Crippen LogP contribution in [0.2, 0.25) is 0 Å². The van der Waals surface area contributed by atoms with E-state index in [1.807, 2.05) is 6.92 Å². The summed E-state index contributed by atoms with van der Waals surface area (Å²) in [6, 6.07) is 0.190. The fourth-order valence-corrected chi connectivity index (χ4v) is 2.64. The van der Waals surface area contributed by atoms with Gasteiger partial charge in [-0.2, -0.15) is 13.2 Å².